The number of rotatable bonds is 4. The molecule has 24 heavy (non-hydrogen) atoms. The Kier molecular flexibility index (Phi) is 4.30. The van der Waals surface area contributed by atoms with Crippen molar-refractivity contribution in [1.29, 1.82) is 0 Å². The van der Waals surface area contributed by atoms with Crippen molar-refractivity contribution >= 4 is 32.8 Å². The normalized spacial score (nSPS) is 16.1. The molecule has 0 aromatic carbocycles. The van der Waals surface area contributed by atoms with E-state index < -0.39 is 0 Å². The van der Waals surface area contributed by atoms with Crippen LogP contribution >= 0.6 is 22.7 Å². The number of hydrogen-bond acceptors (Lipinski definition) is 8. The number of thiazole rings is 1. The van der Waals surface area contributed by atoms with Gasteiger partial charge in [0.25, 0.3) is 5.56 Å². The largest absolute Gasteiger partial charge is 0.344 e. The Labute approximate surface area is 147 Å². The number of anilines is 1. The summed E-state index contributed by atoms with van der Waals surface area (Å²) in [5.41, 5.74) is 1.04. The van der Waals surface area contributed by atoms with Crippen molar-refractivity contribution in [3.63, 3.8) is 0 Å². The summed E-state index contributed by atoms with van der Waals surface area (Å²) in [4.78, 5) is 25.9. The molecule has 4 rings (SSSR count). The third kappa shape index (κ3) is 3.06. The number of piperazine rings is 1. The van der Waals surface area contributed by atoms with Crippen LogP contribution in [0, 0.1) is 0 Å². The highest BCUT2D eigenvalue weighted by Gasteiger charge is 2.21. The van der Waals surface area contributed by atoms with E-state index in [1.54, 1.807) is 11.3 Å². The van der Waals surface area contributed by atoms with E-state index in [0.717, 1.165) is 44.3 Å². The molecule has 3 aromatic rings. The van der Waals surface area contributed by atoms with E-state index in [9.17, 15) is 4.79 Å². The molecule has 1 aliphatic heterocycles. The van der Waals surface area contributed by atoms with Crippen LogP contribution in [0.15, 0.2) is 22.4 Å². The highest BCUT2D eigenvalue weighted by Crippen LogP contribution is 2.22. The monoisotopic (exact) mass is 362 g/mol. The lowest BCUT2D eigenvalue weighted by molar-refractivity contribution is 0.247. The SMILES string of the molecule is CCc1nc(CN2CCN(c3nn4c(=O)ccnc4s3)CC2)cs1. The molecule has 0 radical (unpaired) electrons. The van der Waals surface area contributed by atoms with E-state index in [2.05, 4.69) is 37.2 Å². The van der Waals surface area contributed by atoms with E-state index in [1.807, 2.05) is 0 Å². The number of fused-ring (bicyclic) bond motifs is 1. The molecule has 1 fully saturated rings. The summed E-state index contributed by atoms with van der Waals surface area (Å²) in [7, 11) is 0. The highest BCUT2D eigenvalue weighted by atomic mass is 32.1. The van der Waals surface area contributed by atoms with Crippen LogP contribution in [0.25, 0.3) is 4.96 Å². The van der Waals surface area contributed by atoms with Crippen molar-refractivity contribution in [2.24, 2.45) is 0 Å². The van der Waals surface area contributed by atoms with Gasteiger partial charge in [0.1, 0.15) is 0 Å². The molecule has 0 atom stereocenters. The van der Waals surface area contributed by atoms with E-state index in [0.29, 0.717) is 4.96 Å². The average Bonchev–Trinajstić information content (AvgIpc) is 3.23. The number of aromatic nitrogens is 4. The van der Waals surface area contributed by atoms with Crippen molar-refractivity contribution in [3.8, 4) is 0 Å². The first-order chi connectivity index (χ1) is 11.7. The van der Waals surface area contributed by atoms with Crippen molar-refractivity contribution in [3.05, 3.63) is 38.7 Å². The zero-order valence-corrected chi connectivity index (χ0v) is 15.0. The van der Waals surface area contributed by atoms with E-state index in [1.165, 1.54) is 38.8 Å². The average molecular weight is 362 g/mol. The molecule has 7 nitrogen and oxygen atoms in total. The lowest BCUT2D eigenvalue weighted by Gasteiger charge is -2.33. The zero-order chi connectivity index (χ0) is 16.5. The van der Waals surface area contributed by atoms with E-state index >= 15 is 0 Å². The van der Waals surface area contributed by atoms with Gasteiger partial charge in [-0.1, -0.05) is 18.3 Å². The smallest absolute Gasteiger partial charge is 0.275 e. The van der Waals surface area contributed by atoms with Crippen LogP contribution < -0.4 is 10.5 Å². The van der Waals surface area contributed by atoms with Crippen LogP contribution in [-0.4, -0.2) is 50.7 Å². The maximum absolute atomic E-state index is 11.8. The maximum Gasteiger partial charge on any atom is 0.275 e. The predicted molar refractivity (Wildman–Crippen MR) is 96.1 cm³/mol. The Morgan fingerprint density at radius 2 is 2.08 bits per heavy atom. The second-order valence-corrected chi connectivity index (χ2v) is 7.59. The molecule has 0 aliphatic carbocycles. The van der Waals surface area contributed by atoms with Crippen LogP contribution in [0.2, 0.25) is 0 Å². The van der Waals surface area contributed by atoms with Crippen molar-refractivity contribution < 1.29 is 0 Å². The van der Waals surface area contributed by atoms with Crippen molar-refractivity contribution in [1.82, 2.24) is 24.5 Å². The van der Waals surface area contributed by atoms with E-state index in [-0.39, 0.29) is 5.56 Å². The van der Waals surface area contributed by atoms with Gasteiger partial charge in [0, 0.05) is 50.4 Å². The van der Waals surface area contributed by atoms with Gasteiger partial charge in [-0.15, -0.1) is 16.4 Å². The Balaban J connectivity index is 1.41. The molecular weight excluding hydrogens is 344 g/mol. The third-order valence-electron chi connectivity index (χ3n) is 4.09. The van der Waals surface area contributed by atoms with Gasteiger partial charge < -0.3 is 4.90 Å². The zero-order valence-electron chi connectivity index (χ0n) is 13.4. The molecule has 1 aliphatic rings. The van der Waals surface area contributed by atoms with Gasteiger partial charge in [0.15, 0.2) is 0 Å². The first-order valence-electron chi connectivity index (χ1n) is 7.98. The topological polar surface area (TPSA) is 66.6 Å². The molecule has 0 N–H and O–H groups in total. The van der Waals surface area contributed by atoms with Crippen molar-refractivity contribution in [2.45, 2.75) is 19.9 Å². The van der Waals surface area contributed by atoms with Gasteiger partial charge in [-0.05, 0) is 6.42 Å². The van der Waals surface area contributed by atoms with Crippen LogP contribution in [0.5, 0.6) is 0 Å². The Bertz CT molecular complexity index is 893. The molecule has 3 aromatic heterocycles. The Hall–Kier alpha value is -1.84. The summed E-state index contributed by atoms with van der Waals surface area (Å²) >= 11 is 3.21. The van der Waals surface area contributed by atoms with Gasteiger partial charge in [0.05, 0.1) is 10.7 Å². The molecular formula is C15H18N6OS2. The van der Waals surface area contributed by atoms with Gasteiger partial charge in [-0.25, -0.2) is 9.97 Å². The first-order valence-corrected chi connectivity index (χ1v) is 9.68. The second-order valence-electron chi connectivity index (χ2n) is 5.71. The summed E-state index contributed by atoms with van der Waals surface area (Å²) in [5.74, 6) is 0. The molecule has 0 unspecified atom stereocenters. The Morgan fingerprint density at radius 1 is 1.25 bits per heavy atom. The van der Waals surface area contributed by atoms with Crippen LogP contribution in [-0.2, 0) is 13.0 Å². The molecule has 0 amide bonds. The summed E-state index contributed by atoms with van der Waals surface area (Å²) in [6.07, 6.45) is 2.54. The van der Waals surface area contributed by atoms with Crippen molar-refractivity contribution in [2.75, 3.05) is 31.1 Å². The molecule has 0 bridgehead atoms. The minimum Gasteiger partial charge on any atom is -0.344 e. The van der Waals surface area contributed by atoms with Gasteiger partial charge in [0.2, 0.25) is 10.1 Å². The summed E-state index contributed by atoms with van der Waals surface area (Å²) in [6.45, 7) is 6.79. The summed E-state index contributed by atoms with van der Waals surface area (Å²) in [6, 6.07) is 1.44. The van der Waals surface area contributed by atoms with Crippen LogP contribution in [0.1, 0.15) is 17.6 Å². The number of nitrogens with zero attached hydrogens (tertiary/aromatic N) is 6. The minimum absolute atomic E-state index is 0.128. The fourth-order valence-corrected chi connectivity index (χ4v) is 4.44. The van der Waals surface area contributed by atoms with Gasteiger partial charge in [-0.2, -0.15) is 4.52 Å². The van der Waals surface area contributed by atoms with Crippen LogP contribution in [0.3, 0.4) is 0 Å². The molecule has 4 heterocycles. The van der Waals surface area contributed by atoms with Crippen LogP contribution in [0.4, 0.5) is 5.13 Å². The number of hydrogen-bond donors (Lipinski definition) is 0. The highest BCUT2D eigenvalue weighted by molar-refractivity contribution is 7.20. The van der Waals surface area contributed by atoms with Gasteiger partial charge in [-0.3, -0.25) is 9.69 Å². The lowest BCUT2D eigenvalue weighted by Crippen LogP contribution is -2.46. The first kappa shape index (κ1) is 15.7. The molecule has 126 valence electrons. The third-order valence-corrected chi connectivity index (χ3v) is 6.12. The van der Waals surface area contributed by atoms with Gasteiger partial charge >= 0.3 is 0 Å². The fourth-order valence-electron chi connectivity index (χ4n) is 2.77. The molecule has 1 saturated heterocycles. The fraction of sp³-hybridized carbons (Fsp3) is 0.467. The standard InChI is InChI=1S/C15H18N6OS2/c1-2-12-17-11(10-23-12)9-19-5-7-20(8-6-19)15-18-21-13(22)3-4-16-14(21)24-15/h3-4,10H,2,5-9H2,1H3. The summed E-state index contributed by atoms with van der Waals surface area (Å²) in [5, 5.41) is 8.65. The minimum atomic E-state index is -0.128. The number of aryl methyl sites for hydroxylation is 1. The molecule has 0 spiro atoms. The quantitative estimate of drug-likeness (QED) is 0.701. The molecule has 9 heteroatoms. The lowest BCUT2D eigenvalue weighted by atomic mass is 10.3. The Morgan fingerprint density at radius 3 is 2.79 bits per heavy atom. The van der Waals surface area contributed by atoms with E-state index in [4.69, 9.17) is 0 Å². The second kappa shape index (κ2) is 6.58. The maximum atomic E-state index is 11.8. The molecule has 0 saturated carbocycles. The summed E-state index contributed by atoms with van der Waals surface area (Å²) < 4.78 is 1.38. The predicted octanol–water partition coefficient (Wildman–Crippen LogP) is 1.49.